The van der Waals surface area contributed by atoms with Crippen molar-refractivity contribution in [1.29, 1.82) is 0 Å². The van der Waals surface area contributed by atoms with Gasteiger partial charge in [0.15, 0.2) is 11.6 Å². The Balaban J connectivity index is 1.40. The molecule has 0 bridgehead atoms. The van der Waals surface area contributed by atoms with Gasteiger partial charge >= 0.3 is 5.97 Å². The Bertz CT molecular complexity index is 1530. The Morgan fingerprint density at radius 3 is 2.02 bits per heavy atom. The van der Waals surface area contributed by atoms with Crippen LogP contribution >= 0.6 is 0 Å². The van der Waals surface area contributed by atoms with Gasteiger partial charge in [0.2, 0.25) is 0 Å². The zero-order chi connectivity index (χ0) is 29.9. The van der Waals surface area contributed by atoms with E-state index in [0.29, 0.717) is 41.2 Å². The van der Waals surface area contributed by atoms with Gasteiger partial charge in [0.1, 0.15) is 18.4 Å². The monoisotopic (exact) mass is 562 g/mol. The van der Waals surface area contributed by atoms with E-state index in [0.717, 1.165) is 11.3 Å². The van der Waals surface area contributed by atoms with Crippen molar-refractivity contribution in [1.82, 2.24) is 0 Å². The van der Waals surface area contributed by atoms with Gasteiger partial charge in [-0.3, -0.25) is 9.59 Å². The molecule has 7 heteroatoms. The van der Waals surface area contributed by atoms with Gasteiger partial charge in [-0.15, -0.1) is 0 Å². The number of methoxy groups -OCH3 is 1. The molecule has 0 radical (unpaired) electrons. The first-order chi connectivity index (χ1) is 20.4. The van der Waals surface area contributed by atoms with E-state index in [9.17, 15) is 14.4 Å². The van der Waals surface area contributed by atoms with Gasteiger partial charge in [-0.25, -0.2) is 4.79 Å². The van der Waals surface area contributed by atoms with Crippen molar-refractivity contribution >= 4 is 28.9 Å². The molecular weight excluding hydrogens is 528 g/mol. The van der Waals surface area contributed by atoms with Crippen LogP contribution in [-0.4, -0.2) is 43.3 Å². The summed E-state index contributed by atoms with van der Waals surface area (Å²) >= 11 is 0. The van der Waals surface area contributed by atoms with Crippen LogP contribution in [0.25, 0.3) is 0 Å². The number of hydrogen-bond acceptors (Lipinski definition) is 7. The first-order valence-electron chi connectivity index (χ1n) is 13.7. The van der Waals surface area contributed by atoms with Crippen molar-refractivity contribution in [3.05, 3.63) is 138 Å². The topological polar surface area (TPSA) is 93.7 Å². The van der Waals surface area contributed by atoms with Crippen molar-refractivity contribution in [2.24, 2.45) is 0 Å². The van der Waals surface area contributed by atoms with E-state index >= 15 is 0 Å². The largest absolute Gasteiger partial charge is 0.491 e. The third-order valence-electron chi connectivity index (χ3n) is 6.67. The highest BCUT2D eigenvalue weighted by Gasteiger charge is 2.22. The maximum absolute atomic E-state index is 13.2. The number of carbonyl (C=O) groups is 3. The van der Waals surface area contributed by atoms with E-state index in [4.69, 9.17) is 9.47 Å². The third kappa shape index (κ3) is 7.73. The highest BCUT2D eigenvalue weighted by Crippen LogP contribution is 2.23. The Hall–Kier alpha value is -5.17. The van der Waals surface area contributed by atoms with Crippen molar-refractivity contribution < 1.29 is 23.9 Å². The molecule has 4 rings (SSSR count). The Morgan fingerprint density at radius 1 is 0.786 bits per heavy atom. The summed E-state index contributed by atoms with van der Waals surface area (Å²) in [6.45, 7) is 5.91. The standard InChI is InChI=1S/C35H34N2O5/c1-4-33(38)28-14-8-10-16-30(28)36-24(2)23-42-27-20-18-25(19-21-27)22-32(35(40)41-3)37-31-17-11-9-15-29(31)34(39)26-12-6-5-7-13-26/h4-21,24,32,36-37H,1,22-23H2,2-3H3. The number of anilines is 2. The highest BCUT2D eigenvalue weighted by atomic mass is 16.5. The summed E-state index contributed by atoms with van der Waals surface area (Å²) in [7, 11) is 1.34. The Labute approximate surface area is 246 Å². The molecule has 0 aliphatic carbocycles. The number of carbonyl (C=O) groups excluding carboxylic acids is 3. The van der Waals surface area contributed by atoms with E-state index in [2.05, 4.69) is 17.2 Å². The molecule has 0 aliphatic rings. The van der Waals surface area contributed by atoms with Crippen LogP contribution in [-0.2, 0) is 16.0 Å². The fourth-order valence-electron chi connectivity index (χ4n) is 4.49. The lowest BCUT2D eigenvalue weighted by Crippen LogP contribution is -2.33. The second-order valence-electron chi connectivity index (χ2n) is 9.78. The molecule has 4 aromatic carbocycles. The number of benzene rings is 4. The first kappa shape index (κ1) is 29.8. The Morgan fingerprint density at radius 2 is 1.38 bits per heavy atom. The lowest BCUT2D eigenvalue weighted by atomic mass is 10.00. The van der Waals surface area contributed by atoms with Crippen LogP contribution in [0.5, 0.6) is 5.75 Å². The van der Waals surface area contributed by atoms with E-state index in [1.54, 1.807) is 36.4 Å². The van der Waals surface area contributed by atoms with Gasteiger partial charge in [0, 0.05) is 34.5 Å². The summed E-state index contributed by atoms with van der Waals surface area (Å²) in [5, 5.41) is 6.55. The van der Waals surface area contributed by atoms with E-state index in [1.807, 2.05) is 73.7 Å². The van der Waals surface area contributed by atoms with Gasteiger partial charge in [-0.2, -0.15) is 0 Å². The number of allylic oxidation sites excluding steroid dienone is 1. The van der Waals surface area contributed by atoms with Crippen molar-refractivity contribution in [2.75, 3.05) is 24.4 Å². The van der Waals surface area contributed by atoms with Crippen molar-refractivity contribution in [3.8, 4) is 5.75 Å². The number of ketones is 2. The second kappa shape index (κ2) is 14.5. The summed E-state index contributed by atoms with van der Waals surface area (Å²) in [4.78, 5) is 38.0. The molecule has 2 N–H and O–H groups in total. The van der Waals surface area contributed by atoms with Crippen LogP contribution in [0.15, 0.2) is 116 Å². The zero-order valence-corrected chi connectivity index (χ0v) is 23.7. The maximum atomic E-state index is 13.2. The van der Waals surface area contributed by atoms with Gasteiger partial charge in [0.05, 0.1) is 13.2 Å². The molecule has 214 valence electrons. The molecule has 0 saturated heterocycles. The van der Waals surface area contributed by atoms with E-state index < -0.39 is 12.0 Å². The SMILES string of the molecule is C=CC(=O)c1ccccc1NC(C)COc1ccc(CC(Nc2ccccc2C(=O)c2ccccc2)C(=O)OC)cc1. The molecule has 0 aromatic heterocycles. The minimum absolute atomic E-state index is 0.0741. The number of ether oxygens (including phenoxy) is 2. The van der Waals surface area contributed by atoms with Crippen molar-refractivity contribution in [2.45, 2.75) is 25.4 Å². The molecule has 0 spiro atoms. The molecule has 2 unspecified atom stereocenters. The van der Waals surface area contributed by atoms with Gasteiger partial charge < -0.3 is 20.1 Å². The molecule has 0 amide bonds. The molecule has 4 aromatic rings. The number of hydrogen-bond donors (Lipinski definition) is 2. The summed E-state index contributed by atoms with van der Waals surface area (Å²) in [6.07, 6.45) is 1.64. The summed E-state index contributed by atoms with van der Waals surface area (Å²) < 4.78 is 11.0. The molecule has 0 heterocycles. The summed E-state index contributed by atoms with van der Waals surface area (Å²) in [5.74, 6) is -0.0483. The minimum Gasteiger partial charge on any atom is -0.491 e. The summed E-state index contributed by atoms with van der Waals surface area (Å²) in [5.41, 5.74) is 3.77. The van der Waals surface area contributed by atoms with Crippen LogP contribution in [0.1, 0.15) is 38.8 Å². The fraction of sp³-hybridized carbons (Fsp3) is 0.171. The first-order valence-corrected chi connectivity index (χ1v) is 13.7. The van der Waals surface area contributed by atoms with Crippen LogP contribution in [0, 0.1) is 0 Å². The molecular formula is C35H34N2O5. The maximum Gasteiger partial charge on any atom is 0.328 e. The van der Waals surface area contributed by atoms with Gasteiger partial charge in [-0.1, -0.05) is 73.3 Å². The van der Waals surface area contributed by atoms with Crippen molar-refractivity contribution in [3.63, 3.8) is 0 Å². The third-order valence-corrected chi connectivity index (χ3v) is 6.67. The van der Waals surface area contributed by atoms with Crippen LogP contribution in [0.3, 0.4) is 0 Å². The predicted octanol–water partition coefficient (Wildman–Crippen LogP) is 6.36. The average molecular weight is 563 g/mol. The normalized spacial score (nSPS) is 12.0. The van der Waals surface area contributed by atoms with Crippen LogP contribution in [0.2, 0.25) is 0 Å². The van der Waals surface area contributed by atoms with Gasteiger partial charge in [0.25, 0.3) is 0 Å². The number of rotatable bonds is 14. The molecule has 7 nitrogen and oxygen atoms in total. The lowest BCUT2D eigenvalue weighted by Gasteiger charge is -2.20. The smallest absolute Gasteiger partial charge is 0.328 e. The molecule has 0 aliphatic heterocycles. The minimum atomic E-state index is -0.714. The summed E-state index contributed by atoms with van der Waals surface area (Å²) in [6, 6.07) is 30.1. The molecule has 2 atom stereocenters. The van der Waals surface area contributed by atoms with Crippen LogP contribution in [0.4, 0.5) is 11.4 Å². The van der Waals surface area contributed by atoms with E-state index in [1.165, 1.54) is 13.2 Å². The molecule has 42 heavy (non-hydrogen) atoms. The zero-order valence-electron chi connectivity index (χ0n) is 23.7. The van der Waals surface area contributed by atoms with Crippen LogP contribution < -0.4 is 15.4 Å². The highest BCUT2D eigenvalue weighted by molar-refractivity contribution is 6.12. The second-order valence-corrected chi connectivity index (χ2v) is 9.78. The van der Waals surface area contributed by atoms with E-state index in [-0.39, 0.29) is 17.6 Å². The Kier molecular flexibility index (Phi) is 10.3. The molecule has 0 fully saturated rings. The predicted molar refractivity (Wildman–Crippen MR) is 165 cm³/mol. The number of para-hydroxylation sites is 2. The number of nitrogens with one attached hydrogen (secondary N) is 2. The quantitative estimate of drug-likeness (QED) is 0.105. The fourth-order valence-corrected chi connectivity index (χ4v) is 4.49. The lowest BCUT2D eigenvalue weighted by molar-refractivity contribution is -0.141. The number of esters is 1. The van der Waals surface area contributed by atoms with Gasteiger partial charge in [-0.05, 0) is 55.0 Å². The molecule has 0 saturated carbocycles. The average Bonchev–Trinajstić information content (AvgIpc) is 3.04.